The number of ether oxygens (including phenoxy) is 1. The SMILES string of the molecule is CCc1nn(C)cc1CNc1nc(CCOC)ns1. The molecule has 0 aliphatic carbocycles. The fourth-order valence-corrected chi connectivity index (χ4v) is 2.43. The Hall–Kier alpha value is -1.47. The highest BCUT2D eigenvalue weighted by atomic mass is 32.1. The number of hydrogen-bond acceptors (Lipinski definition) is 6. The molecular formula is C12H19N5OS. The van der Waals surface area contributed by atoms with Crippen molar-refractivity contribution in [3.05, 3.63) is 23.3 Å². The summed E-state index contributed by atoms with van der Waals surface area (Å²) in [6.45, 7) is 3.49. The van der Waals surface area contributed by atoms with Crippen LogP contribution in [0.3, 0.4) is 0 Å². The van der Waals surface area contributed by atoms with Crippen molar-refractivity contribution < 1.29 is 4.74 Å². The van der Waals surface area contributed by atoms with Crippen LogP contribution in [0.1, 0.15) is 24.0 Å². The van der Waals surface area contributed by atoms with E-state index in [4.69, 9.17) is 4.74 Å². The number of methoxy groups -OCH3 is 1. The van der Waals surface area contributed by atoms with Crippen LogP contribution < -0.4 is 5.32 Å². The first-order valence-corrected chi connectivity index (χ1v) is 7.07. The third-order valence-electron chi connectivity index (χ3n) is 2.75. The molecule has 0 fully saturated rings. The third-order valence-corrected chi connectivity index (χ3v) is 3.47. The molecule has 2 heterocycles. The molecular weight excluding hydrogens is 262 g/mol. The summed E-state index contributed by atoms with van der Waals surface area (Å²) in [5.41, 5.74) is 2.33. The van der Waals surface area contributed by atoms with Gasteiger partial charge in [-0.05, 0) is 6.42 Å². The van der Waals surface area contributed by atoms with E-state index in [2.05, 4.69) is 26.7 Å². The monoisotopic (exact) mass is 281 g/mol. The standard InChI is InChI=1S/C12H19N5OS/c1-4-10-9(8-17(2)15-10)7-13-12-14-11(16-19-12)5-6-18-3/h8H,4-7H2,1-3H3,(H,13,14,16). The fraction of sp³-hybridized carbons (Fsp3) is 0.583. The fourth-order valence-electron chi connectivity index (χ4n) is 1.82. The molecule has 2 aromatic heterocycles. The lowest BCUT2D eigenvalue weighted by molar-refractivity contribution is 0.201. The molecule has 1 N–H and O–H groups in total. The Morgan fingerprint density at radius 3 is 3.05 bits per heavy atom. The number of rotatable bonds is 7. The molecule has 6 nitrogen and oxygen atoms in total. The average Bonchev–Trinajstić information content (AvgIpc) is 3.00. The Kier molecular flexibility index (Phi) is 4.86. The van der Waals surface area contributed by atoms with Gasteiger partial charge in [0, 0.05) is 50.4 Å². The lowest BCUT2D eigenvalue weighted by Crippen LogP contribution is -2.01. The first-order chi connectivity index (χ1) is 9.22. The normalized spacial score (nSPS) is 10.9. The second kappa shape index (κ2) is 6.63. The van der Waals surface area contributed by atoms with Crippen LogP contribution in [0.2, 0.25) is 0 Å². The summed E-state index contributed by atoms with van der Waals surface area (Å²) in [4.78, 5) is 4.41. The molecule has 0 aliphatic rings. The highest BCUT2D eigenvalue weighted by Gasteiger charge is 2.07. The van der Waals surface area contributed by atoms with Crippen molar-refractivity contribution >= 4 is 16.7 Å². The lowest BCUT2D eigenvalue weighted by Gasteiger charge is -2.00. The van der Waals surface area contributed by atoms with E-state index in [0.29, 0.717) is 6.61 Å². The predicted octanol–water partition coefficient (Wildman–Crippen LogP) is 1.64. The van der Waals surface area contributed by atoms with Crippen molar-refractivity contribution in [2.75, 3.05) is 19.0 Å². The van der Waals surface area contributed by atoms with Gasteiger partial charge in [0.1, 0.15) is 5.82 Å². The van der Waals surface area contributed by atoms with Gasteiger partial charge in [-0.2, -0.15) is 9.47 Å². The Morgan fingerprint density at radius 1 is 1.47 bits per heavy atom. The molecule has 0 atom stereocenters. The summed E-state index contributed by atoms with van der Waals surface area (Å²) < 4.78 is 11.1. The molecule has 0 aliphatic heterocycles. The zero-order chi connectivity index (χ0) is 13.7. The molecule has 2 aromatic rings. The highest BCUT2D eigenvalue weighted by Crippen LogP contribution is 2.14. The van der Waals surface area contributed by atoms with Gasteiger partial charge in [-0.25, -0.2) is 4.98 Å². The molecule has 0 aromatic carbocycles. The van der Waals surface area contributed by atoms with Gasteiger partial charge in [0.05, 0.1) is 12.3 Å². The molecule has 0 radical (unpaired) electrons. The van der Waals surface area contributed by atoms with Crippen LogP contribution in [-0.4, -0.2) is 32.9 Å². The van der Waals surface area contributed by atoms with E-state index in [9.17, 15) is 0 Å². The maximum absolute atomic E-state index is 5.01. The minimum atomic E-state index is 0.652. The van der Waals surface area contributed by atoms with E-state index >= 15 is 0 Å². The Bertz CT molecular complexity index is 522. The Balaban J connectivity index is 1.92. The molecule has 0 spiro atoms. The van der Waals surface area contributed by atoms with E-state index in [1.807, 2.05) is 17.9 Å². The van der Waals surface area contributed by atoms with E-state index in [0.717, 1.165) is 36.0 Å². The Labute approximate surface area is 117 Å². The van der Waals surface area contributed by atoms with Crippen LogP contribution in [-0.2, 0) is 31.2 Å². The molecule has 19 heavy (non-hydrogen) atoms. The minimum absolute atomic E-state index is 0.652. The summed E-state index contributed by atoms with van der Waals surface area (Å²) >= 11 is 1.38. The van der Waals surface area contributed by atoms with Gasteiger partial charge in [-0.3, -0.25) is 4.68 Å². The molecule has 0 bridgehead atoms. The quantitative estimate of drug-likeness (QED) is 0.835. The van der Waals surface area contributed by atoms with Gasteiger partial charge < -0.3 is 10.1 Å². The number of nitrogens with one attached hydrogen (secondary N) is 1. The maximum Gasteiger partial charge on any atom is 0.202 e. The zero-order valence-electron chi connectivity index (χ0n) is 11.5. The van der Waals surface area contributed by atoms with Crippen LogP contribution >= 0.6 is 11.5 Å². The summed E-state index contributed by atoms with van der Waals surface area (Å²) in [6.07, 6.45) is 3.73. The van der Waals surface area contributed by atoms with Crippen LogP contribution in [0.5, 0.6) is 0 Å². The number of nitrogens with zero attached hydrogens (tertiary/aromatic N) is 4. The molecule has 7 heteroatoms. The molecule has 0 unspecified atom stereocenters. The topological polar surface area (TPSA) is 64.9 Å². The van der Waals surface area contributed by atoms with E-state index in [1.54, 1.807) is 7.11 Å². The van der Waals surface area contributed by atoms with Crippen molar-refractivity contribution in [3.63, 3.8) is 0 Å². The first kappa shape index (κ1) is 14.0. The van der Waals surface area contributed by atoms with Gasteiger partial charge >= 0.3 is 0 Å². The first-order valence-electron chi connectivity index (χ1n) is 6.29. The van der Waals surface area contributed by atoms with Crippen molar-refractivity contribution in [2.45, 2.75) is 26.3 Å². The van der Waals surface area contributed by atoms with Crippen LogP contribution in [0.4, 0.5) is 5.13 Å². The largest absolute Gasteiger partial charge is 0.384 e. The molecule has 104 valence electrons. The van der Waals surface area contributed by atoms with E-state index in [-0.39, 0.29) is 0 Å². The summed E-state index contributed by atoms with van der Waals surface area (Å²) in [6, 6.07) is 0. The van der Waals surface area contributed by atoms with Gasteiger partial charge in [0.15, 0.2) is 0 Å². The summed E-state index contributed by atoms with van der Waals surface area (Å²) in [5.74, 6) is 0.830. The number of hydrogen-bond donors (Lipinski definition) is 1. The lowest BCUT2D eigenvalue weighted by atomic mass is 10.2. The second-order valence-corrected chi connectivity index (χ2v) is 4.99. The van der Waals surface area contributed by atoms with Crippen molar-refractivity contribution in [1.82, 2.24) is 19.1 Å². The third kappa shape index (κ3) is 3.74. The highest BCUT2D eigenvalue weighted by molar-refractivity contribution is 7.09. The van der Waals surface area contributed by atoms with E-state index < -0.39 is 0 Å². The minimum Gasteiger partial charge on any atom is -0.384 e. The van der Waals surface area contributed by atoms with Crippen LogP contribution in [0.15, 0.2) is 6.20 Å². The molecule has 2 rings (SSSR count). The summed E-state index contributed by atoms with van der Waals surface area (Å²) in [7, 11) is 3.62. The van der Waals surface area contributed by atoms with Crippen molar-refractivity contribution in [1.29, 1.82) is 0 Å². The van der Waals surface area contributed by atoms with Crippen LogP contribution in [0.25, 0.3) is 0 Å². The van der Waals surface area contributed by atoms with Gasteiger partial charge in [-0.1, -0.05) is 6.92 Å². The smallest absolute Gasteiger partial charge is 0.202 e. The number of aryl methyl sites for hydroxylation is 2. The van der Waals surface area contributed by atoms with Crippen LogP contribution in [0, 0.1) is 0 Å². The molecule has 0 saturated carbocycles. The summed E-state index contributed by atoms with van der Waals surface area (Å²) in [5, 5.41) is 8.56. The van der Waals surface area contributed by atoms with Gasteiger partial charge in [0.2, 0.25) is 5.13 Å². The maximum atomic E-state index is 5.01. The zero-order valence-corrected chi connectivity index (χ0v) is 12.3. The van der Waals surface area contributed by atoms with E-state index in [1.165, 1.54) is 17.1 Å². The average molecular weight is 281 g/mol. The molecule has 0 saturated heterocycles. The van der Waals surface area contributed by atoms with Gasteiger partial charge in [0.25, 0.3) is 0 Å². The van der Waals surface area contributed by atoms with Gasteiger partial charge in [-0.15, -0.1) is 0 Å². The van der Waals surface area contributed by atoms with Crippen molar-refractivity contribution in [2.24, 2.45) is 7.05 Å². The predicted molar refractivity (Wildman–Crippen MR) is 75.4 cm³/mol. The number of aromatic nitrogens is 4. The van der Waals surface area contributed by atoms with Crippen molar-refractivity contribution in [3.8, 4) is 0 Å². The second-order valence-electron chi connectivity index (χ2n) is 4.24. The molecule has 0 amide bonds. The number of anilines is 1. The Morgan fingerprint density at radius 2 is 2.32 bits per heavy atom.